The van der Waals surface area contributed by atoms with Gasteiger partial charge in [-0.2, -0.15) is 0 Å². The number of imidazole rings is 1. The second kappa shape index (κ2) is 7.97. The standard InChI is InChI=1S/C19H21N5OS/c1-3-17-20-15-10-6-7-11-16(15)24(17)12-18(25)22-23-19(26)21-14-9-5-4-8-13(14)2/h4-11H,3,12H2,1-2H3,(H,22,25)(H2,21,23,26). The number of hydrogen-bond donors (Lipinski definition) is 3. The molecule has 0 saturated heterocycles. The van der Waals surface area contributed by atoms with E-state index in [0.29, 0.717) is 5.11 Å². The number of hydrogen-bond acceptors (Lipinski definition) is 3. The summed E-state index contributed by atoms with van der Waals surface area (Å²) in [7, 11) is 0. The van der Waals surface area contributed by atoms with Crippen molar-refractivity contribution in [3.8, 4) is 0 Å². The minimum Gasteiger partial charge on any atom is -0.331 e. The molecular formula is C19H21N5OS. The summed E-state index contributed by atoms with van der Waals surface area (Å²) in [6.07, 6.45) is 0.753. The molecule has 1 heterocycles. The number of hydrazine groups is 1. The molecular weight excluding hydrogens is 346 g/mol. The van der Waals surface area contributed by atoms with Crippen LogP contribution in [0.5, 0.6) is 0 Å². The van der Waals surface area contributed by atoms with E-state index in [1.54, 1.807) is 0 Å². The van der Waals surface area contributed by atoms with E-state index in [2.05, 4.69) is 21.2 Å². The van der Waals surface area contributed by atoms with Crippen LogP contribution in [-0.4, -0.2) is 20.6 Å². The van der Waals surface area contributed by atoms with Gasteiger partial charge in [-0.1, -0.05) is 37.3 Å². The first-order valence-electron chi connectivity index (χ1n) is 8.44. The molecule has 0 radical (unpaired) electrons. The van der Waals surface area contributed by atoms with E-state index in [9.17, 15) is 4.79 Å². The monoisotopic (exact) mass is 367 g/mol. The van der Waals surface area contributed by atoms with E-state index in [1.807, 2.05) is 66.9 Å². The Bertz CT molecular complexity index is 950. The van der Waals surface area contributed by atoms with Gasteiger partial charge in [-0.3, -0.25) is 15.6 Å². The number of nitrogens with one attached hydrogen (secondary N) is 3. The third kappa shape index (κ3) is 4.00. The van der Waals surface area contributed by atoms with Gasteiger partial charge < -0.3 is 9.88 Å². The van der Waals surface area contributed by atoms with E-state index >= 15 is 0 Å². The number of carbonyl (C=O) groups is 1. The van der Waals surface area contributed by atoms with Crippen LogP contribution in [0.25, 0.3) is 11.0 Å². The predicted octanol–water partition coefficient (Wildman–Crippen LogP) is 2.92. The first kappa shape index (κ1) is 17.9. The minimum atomic E-state index is -0.197. The fraction of sp³-hybridized carbons (Fsp3) is 0.211. The number of amides is 1. The Morgan fingerprint density at radius 3 is 2.62 bits per heavy atom. The zero-order chi connectivity index (χ0) is 18.5. The number of carbonyl (C=O) groups excluding carboxylic acids is 1. The molecule has 134 valence electrons. The Hall–Kier alpha value is -2.93. The number of fused-ring (bicyclic) bond motifs is 1. The van der Waals surface area contributed by atoms with Gasteiger partial charge in [-0.05, 0) is 42.9 Å². The average molecular weight is 367 g/mol. The molecule has 2 aromatic carbocycles. The Morgan fingerprint density at radius 1 is 1.12 bits per heavy atom. The lowest BCUT2D eigenvalue weighted by Crippen LogP contribution is -2.45. The van der Waals surface area contributed by atoms with Crippen LogP contribution in [0.3, 0.4) is 0 Å². The molecule has 0 spiro atoms. The third-order valence-electron chi connectivity index (χ3n) is 4.06. The predicted molar refractivity (Wildman–Crippen MR) is 108 cm³/mol. The Balaban J connectivity index is 1.61. The van der Waals surface area contributed by atoms with Gasteiger partial charge in [0, 0.05) is 12.1 Å². The highest BCUT2D eigenvalue weighted by atomic mass is 32.1. The van der Waals surface area contributed by atoms with Crippen molar-refractivity contribution in [3.05, 3.63) is 59.9 Å². The fourth-order valence-corrected chi connectivity index (χ4v) is 2.91. The highest BCUT2D eigenvalue weighted by Crippen LogP contribution is 2.16. The van der Waals surface area contributed by atoms with Gasteiger partial charge in [-0.15, -0.1) is 0 Å². The van der Waals surface area contributed by atoms with E-state index < -0.39 is 0 Å². The third-order valence-corrected chi connectivity index (χ3v) is 4.26. The van der Waals surface area contributed by atoms with Crippen LogP contribution in [0.2, 0.25) is 0 Å². The van der Waals surface area contributed by atoms with Crippen LogP contribution in [0.15, 0.2) is 48.5 Å². The zero-order valence-corrected chi connectivity index (χ0v) is 15.6. The molecule has 0 saturated carbocycles. The molecule has 0 bridgehead atoms. The van der Waals surface area contributed by atoms with Crippen molar-refractivity contribution in [1.82, 2.24) is 20.4 Å². The maximum absolute atomic E-state index is 12.3. The molecule has 0 aliphatic rings. The summed E-state index contributed by atoms with van der Waals surface area (Å²) in [5.41, 5.74) is 9.18. The molecule has 3 aromatic rings. The van der Waals surface area contributed by atoms with Crippen LogP contribution in [0.4, 0.5) is 5.69 Å². The van der Waals surface area contributed by atoms with Crippen LogP contribution in [0, 0.1) is 6.92 Å². The summed E-state index contributed by atoms with van der Waals surface area (Å²) in [6.45, 7) is 4.18. The maximum atomic E-state index is 12.3. The van der Waals surface area contributed by atoms with Gasteiger partial charge in [0.1, 0.15) is 12.4 Å². The molecule has 1 amide bonds. The molecule has 7 heteroatoms. The largest absolute Gasteiger partial charge is 0.331 e. The zero-order valence-electron chi connectivity index (χ0n) is 14.7. The average Bonchev–Trinajstić information content (AvgIpc) is 3.00. The summed E-state index contributed by atoms with van der Waals surface area (Å²) in [4.78, 5) is 16.9. The minimum absolute atomic E-state index is 0.170. The molecule has 1 aromatic heterocycles. The van der Waals surface area contributed by atoms with Gasteiger partial charge in [0.15, 0.2) is 5.11 Å². The van der Waals surface area contributed by atoms with Crippen molar-refractivity contribution >= 4 is 40.0 Å². The van der Waals surface area contributed by atoms with Crippen LogP contribution < -0.4 is 16.2 Å². The van der Waals surface area contributed by atoms with Crippen molar-refractivity contribution in [2.45, 2.75) is 26.8 Å². The fourth-order valence-electron chi connectivity index (χ4n) is 2.75. The summed E-state index contributed by atoms with van der Waals surface area (Å²) in [6, 6.07) is 15.6. The lowest BCUT2D eigenvalue weighted by Gasteiger charge is -2.14. The number of anilines is 1. The first-order valence-corrected chi connectivity index (χ1v) is 8.85. The molecule has 3 N–H and O–H groups in total. The Kier molecular flexibility index (Phi) is 5.48. The van der Waals surface area contributed by atoms with Crippen molar-refractivity contribution in [3.63, 3.8) is 0 Å². The summed E-state index contributed by atoms with van der Waals surface area (Å²) in [5.74, 6) is 0.679. The maximum Gasteiger partial charge on any atom is 0.258 e. The molecule has 3 rings (SSSR count). The van der Waals surface area contributed by atoms with E-state index in [0.717, 1.165) is 34.5 Å². The molecule has 0 aliphatic heterocycles. The van der Waals surface area contributed by atoms with Crippen molar-refractivity contribution in [2.24, 2.45) is 0 Å². The normalized spacial score (nSPS) is 10.5. The van der Waals surface area contributed by atoms with E-state index in [1.165, 1.54) is 0 Å². The second-order valence-electron chi connectivity index (χ2n) is 5.90. The number of thiocarbonyl (C=S) groups is 1. The molecule has 0 fully saturated rings. The number of benzene rings is 2. The van der Waals surface area contributed by atoms with Crippen molar-refractivity contribution in [1.29, 1.82) is 0 Å². The quantitative estimate of drug-likeness (QED) is 0.489. The number of aromatic nitrogens is 2. The van der Waals surface area contributed by atoms with Crippen LogP contribution >= 0.6 is 12.2 Å². The van der Waals surface area contributed by atoms with Crippen molar-refractivity contribution < 1.29 is 4.79 Å². The number of nitrogens with zero attached hydrogens (tertiary/aromatic N) is 2. The van der Waals surface area contributed by atoms with E-state index in [4.69, 9.17) is 12.2 Å². The molecule has 0 atom stereocenters. The number of aryl methyl sites for hydroxylation is 2. The van der Waals surface area contributed by atoms with Crippen LogP contribution in [0.1, 0.15) is 18.3 Å². The highest BCUT2D eigenvalue weighted by Gasteiger charge is 2.12. The SMILES string of the molecule is CCc1nc2ccccc2n1CC(=O)NNC(=S)Nc1ccccc1C. The van der Waals surface area contributed by atoms with Gasteiger partial charge in [0.25, 0.3) is 5.91 Å². The molecule has 26 heavy (non-hydrogen) atoms. The van der Waals surface area contributed by atoms with Crippen molar-refractivity contribution in [2.75, 3.05) is 5.32 Å². The van der Waals surface area contributed by atoms with E-state index in [-0.39, 0.29) is 12.5 Å². The Morgan fingerprint density at radius 2 is 1.85 bits per heavy atom. The number of rotatable bonds is 4. The molecule has 6 nitrogen and oxygen atoms in total. The lowest BCUT2D eigenvalue weighted by molar-refractivity contribution is -0.122. The summed E-state index contributed by atoms with van der Waals surface area (Å²) >= 11 is 5.23. The highest BCUT2D eigenvalue weighted by molar-refractivity contribution is 7.80. The first-order chi connectivity index (χ1) is 12.6. The molecule has 0 unspecified atom stereocenters. The van der Waals surface area contributed by atoms with Gasteiger partial charge in [-0.25, -0.2) is 4.98 Å². The number of para-hydroxylation sites is 3. The smallest absolute Gasteiger partial charge is 0.258 e. The Labute approximate surface area is 157 Å². The molecule has 0 aliphatic carbocycles. The summed E-state index contributed by atoms with van der Waals surface area (Å²) in [5, 5.41) is 3.40. The van der Waals surface area contributed by atoms with Crippen LogP contribution in [-0.2, 0) is 17.8 Å². The summed E-state index contributed by atoms with van der Waals surface area (Å²) < 4.78 is 1.92. The van der Waals surface area contributed by atoms with Gasteiger partial charge in [0.2, 0.25) is 0 Å². The van der Waals surface area contributed by atoms with Gasteiger partial charge in [0.05, 0.1) is 11.0 Å². The lowest BCUT2D eigenvalue weighted by atomic mass is 10.2. The van der Waals surface area contributed by atoms with Gasteiger partial charge >= 0.3 is 0 Å². The second-order valence-corrected chi connectivity index (χ2v) is 6.31. The topological polar surface area (TPSA) is 71.0 Å².